The molecule has 2 aromatic rings. The summed E-state index contributed by atoms with van der Waals surface area (Å²) in [6.07, 6.45) is 0.657. The highest BCUT2D eigenvalue weighted by Crippen LogP contribution is 2.44. The number of halogens is 3. The average molecular weight is 424 g/mol. The standard InChI is InChI=1S/C20H23F3N4O3/c1-8-17-14(19(28)10(20(29)30)7-27(17)13-4-11(13)22)16(25)15(23)18(8)26-3-2-9(6-26)12(24)5-21/h7,9,11-13H,2-6,24-25H2,1H3,(H,29,30)/t9-,11+,12?,13-/m1/s1. The summed E-state index contributed by atoms with van der Waals surface area (Å²) in [5, 5.41) is 9.13. The van der Waals surface area contributed by atoms with Crippen LogP contribution in [-0.4, -0.2) is 47.6 Å². The van der Waals surface area contributed by atoms with Crippen molar-refractivity contribution in [3.05, 3.63) is 33.4 Å². The first-order valence-corrected chi connectivity index (χ1v) is 9.77. The lowest BCUT2D eigenvalue weighted by molar-refractivity contribution is 0.0694. The SMILES string of the molecule is Cc1c(N2CC[C@@H](C(N)CF)C2)c(F)c(N)c2c(=O)c(C(=O)O)cn([C@@H]3C[C@@H]3F)c12. The third-order valence-corrected chi connectivity index (χ3v) is 6.25. The summed E-state index contributed by atoms with van der Waals surface area (Å²) in [5.74, 6) is -2.50. The number of nitrogen functional groups attached to an aromatic ring is 1. The van der Waals surface area contributed by atoms with E-state index in [0.29, 0.717) is 25.1 Å². The van der Waals surface area contributed by atoms with Gasteiger partial charge in [-0.2, -0.15) is 0 Å². The van der Waals surface area contributed by atoms with Crippen LogP contribution in [0, 0.1) is 18.7 Å². The molecule has 7 nitrogen and oxygen atoms in total. The number of nitrogens with zero attached hydrogens (tertiary/aromatic N) is 2. The number of hydrogen-bond donors (Lipinski definition) is 3. The third-order valence-electron chi connectivity index (χ3n) is 6.25. The van der Waals surface area contributed by atoms with E-state index in [2.05, 4.69) is 0 Å². The van der Waals surface area contributed by atoms with E-state index in [1.165, 1.54) is 4.57 Å². The highest BCUT2D eigenvalue weighted by molar-refractivity contribution is 6.01. The molecule has 1 saturated heterocycles. The lowest BCUT2D eigenvalue weighted by atomic mass is 10.0. The van der Waals surface area contributed by atoms with Crippen molar-refractivity contribution >= 4 is 28.2 Å². The van der Waals surface area contributed by atoms with E-state index in [0.717, 1.165) is 6.20 Å². The van der Waals surface area contributed by atoms with Gasteiger partial charge in [-0.05, 0) is 24.8 Å². The molecule has 0 amide bonds. The number of rotatable bonds is 5. The Bertz CT molecular complexity index is 1100. The minimum Gasteiger partial charge on any atom is -0.477 e. The van der Waals surface area contributed by atoms with Crippen molar-refractivity contribution in [2.45, 2.75) is 38.0 Å². The number of benzene rings is 1. The average Bonchev–Trinajstić information content (AvgIpc) is 3.23. The maximum atomic E-state index is 15.4. The zero-order valence-electron chi connectivity index (χ0n) is 16.4. The lowest BCUT2D eigenvalue weighted by Crippen LogP contribution is -2.34. The van der Waals surface area contributed by atoms with Crippen molar-refractivity contribution in [2.24, 2.45) is 11.7 Å². The van der Waals surface area contributed by atoms with Gasteiger partial charge in [0.05, 0.1) is 28.3 Å². The number of aryl methyl sites for hydroxylation is 1. The van der Waals surface area contributed by atoms with Crippen LogP contribution in [0.3, 0.4) is 0 Å². The minimum absolute atomic E-state index is 0.154. The van der Waals surface area contributed by atoms with Crippen molar-refractivity contribution in [1.82, 2.24) is 4.57 Å². The fraction of sp³-hybridized carbons (Fsp3) is 0.500. The molecule has 0 spiro atoms. The number of nitrogens with two attached hydrogens (primary N) is 2. The van der Waals surface area contributed by atoms with E-state index in [9.17, 15) is 23.5 Å². The predicted molar refractivity (Wildman–Crippen MR) is 107 cm³/mol. The molecule has 2 fully saturated rings. The summed E-state index contributed by atoms with van der Waals surface area (Å²) in [6.45, 7) is 1.65. The summed E-state index contributed by atoms with van der Waals surface area (Å²) < 4.78 is 43.6. The second kappa shape index (κ2) is 7.19. The number of fused-ring (bicyclic) bond motifs is 1. The van der Waals surface area contributed by atoms with Crippen LogP contribution in [0.1, 0.15) is 34.8 Å². The van der Waals surface area contributed by atoms with Gasteiger partial charge in [0.15, 0.2) is 5.82 Å². The molecule has 1 aromatic carbocycles. The Morgan fingerprint density at radius 3 is 2.67 bits per heavy atom. The molecule has 1 saturated carbocycles. The number of pyridine rings is 1. The van der Waals surface area contributed by atoms with E-state index < -0.39 is 53.4 Å². The second-order valence-corrected chi connectivity index (χ2v) is 8.14. The summed E-state index contributed by atoms with van der Waals surface area (Å²) in [7, 11) is 0. The van der Waals surface area contributed by atoms with Gasteiger partial charge in [-0.15, -0.1) is 0 Å². The molecular formula is C20H23F3N4O3. The quantitative estimate of drug-likeness (QED) is 0.634. The lowest BCUT2D eigenvalue weighted by Gasteiger charge is -2.26. The Balaban J connectivity index is 1.96. The highest BCUT2D eigenvalue weighted by atomic mass is 19.1. The maximum absolute atomic E-state index is 15.4. The topological polar surface area (TPSA) is 115 Å². The Labute approximate surface area is 170 Å². The number of anilines is 2. The molecule has 0 bridgehead atoms. The fourth-order valence-corrected chi connectivity index (χ4v) is 4.47. The van der Waals surface area contributed by atoms with Gasteiger partial charge >= 0.3 is 5.97 Å². The van der Waals surface area contributed by atoms with E-state index >= 15 is 4.39 Å². The van der Waals surface area contributed by atoms with Crippen LogP contribution in [0.4, 0.5) is 24.5 Å². The van der Waals surface area contributed by atoms with Gasteiger partial charge in [-0.25, -0.2) is 18.0 Å². The monoisotopic (exact) mass is 424 g/mol. The molecule has 2 heterocycles. The second-order valence-electron chi connectivity index (χ2n) is 8.14. The summed E-state index contributed by atoms with van der Waals surface area (Å²) in [5.41, 5.74) is 10.6. The number of carbonyl (C=O) groups is 1. The normalized spacial score (nSPS) is 24.4. The number of alkyl halides is 2. The zero-order valence-corrected chi connectivity index (χ0v) is 16.4. The van der Waals surface area contributed by atoms with Gasteiger partial charge in [0.1, 0.15) is 18.4 Å². The Hall–Kier alpha value is -2.75. The van der Waals surface area contributed by atoms with E-state index in [-0.39, 0.29) is 28.9 Å². The number of hydrogen-bond acceptors (Lipinski definition) is 5. The van der Waals surface area contributed by atoms with Gasteiger partial charge in [0.2, 0.25) is 5.43 Å². The predicted octanol–water partition coefficient (Wildman–Crippen LogP) is 2.14. The molecular weight excluding hydrogens is 401 g/mol. The van der Waals surface area contributed by atoms with E-state index in [1.54, 1.807) is 11.8 Å². The molecule has 5 N–H and O–H groups in total. The van der Waals surface area contributed by atoms with E-state index in [1.807, 2.05) is 0 Å². The number of carboxylic acid groups (broad SMARTS) is 1. The van der Waals surface area contributed by atoms with Crippen molar-refractivity contribution in [2.75, 3.05) is 30.4 Å². The molecule has 0 radical (unpaired) electrons. The molecule has 2 aliphatic rings. The number of carboxylic acids is 1. The van der Waals surface area contributed by atoms with Crippen molar-refractivity contribution in [1.29, 1.82) is 0 Å². The van der Waals surface area contributed by atoms with Crippen LogP contribution < -0.4 is 21.8 Å². The van der Waals surface area contributed by atoms with Crippen LogP contribution in [-0.2, 0) is 0 Å². The van der Waals surface area contributed by atoms with Crippen LogP contribution in [0.5, 0.6) is 0 Å². The highest BCUT2D eigenvalue weighted by Gasteiger charge is 2.41. The zero-order chi connectivity index (χ0) is 21.9. The van der Waals surface area contributed by atoms with Gasteiger partial charge in [-0.3, -0.25) is 4.79 Å². The number of aromatic carboxylic acids is 1. The van der Waals surface area contributed by atoms with Gasteiger partial charge in [-0.1, -0.05) is 0 Å². The summed E-state index contributed by atoms with van der Waals surface area (Å²) in [4.78, 5) is 26.0. The molecule has 1 aliphatic heterocycles. The van der Waals surface area contributed by atoms with Crippen LogP contribution in [0.15, 0.2) is 11.0 Å². The molecule has 1 unspecified atom stereocenters. The van der Waals surface area contributed by atoms with Gasteiger partial charge in [0.25, 0.3) is 0 Å². The largest absolute Gasteiger partial charge is 0.477 e. The van der Waals surface area contributed by atoms with Gasteiger partial charge < -0.3 is 26.0 Å². The van der Waals surface area contributed by atoms with Crippen LogP contribution in [0.2, 0.25) is 0 Å². The first kappa shape index (κ1) is 20.5. The third kappa shape index (κ3) is 3.01. The first-order chi connectivity index (χ1) is 14.2. The Kier molecular flexibility index (Phi) is 4.92. The van der Waals surface area contributed by atoms with Crippen molar-refractivity contribution < 1.29 is 23.1 Å². The molecule has 162 valence electrons. The Morgan fingerprint density at radius 1 is 1.43 bits per heavy atom. The molecule has 1 aromatic heterocycles. The van der Waals surface area contributed by atoms with Crippen molar-refractivity contribution in [3.63, 3.8) is 0 Å². The van der Waals surface area contributed by atoms with Crippen LogP contribution >= 0.6 is 0 Å². The maximum Gasteiger partial charge on any atom is 0.341 e. The Morgan fingerprint density at radius 2 is 2.10 bits per heavy atom. The number of aromatic nitrogens is 1. The smallest absolute Gasteiger partial charge is 0.341 e. The molecule has 30 heavy (non-hydrogen) atoms. The molecule has 1 aliphatic carbocycles. The minimum atomic E-state index is -1.49. The molecule has 4 atom stereocenters. The molecule has 4 rings (SSSR count). The van der Waals surface area contributed by atoms with Crippen LogP contribution in [0.25, 0.3) is 10.9 Å². The molecule has 10 heteroatoms. The summed E-state index contributed by atoms with van der Waals surface area (Å²) >= 11 is 0. The fourth-order valence-electron chi connectivity index (χ4n) is 4.47. The van der Waals surface area contributed by atoms with Crippen molar-refractivity contribution in [3.8, 4) is 0 Å². The van der Waals surface area contributed by atoms with Gasteiger partial charge in [0, 0.05) is 31.7 Å². The summed E-state index contributed by atoms with van der Waals surface area (Å²) in [6, 6.07) is -1.31. The first-order valence-electron chi connectivity index (χ1n) is 9.77. The van der Waals surface area contributed by atoms with E-state index in [4.69, 9.17) is 11.5 Å².